The molecule has 1 aliphatic rings. The first-order valence-corrected chi connectivity index (χ1v) is 13.0. The number of nitrogens with one attached hydrogen (secondary N) is 1. The Balaban J connectivity index is 1.59. The van der Waals surface area contributed by atoms with Gasteiger partial charge in [0.15, 0.2) is 4.36 Å². The van der Waals surface area contributed by atoms with Crippen molar-refractivity contribution in [3.05, 3.63) is 74.4 Å². The molecule has 0 amide bonds. The molecule has 0 fully saturated rings. The van der Waals surface area contributed by atoms with Gasteiger partial charge in [0.1, 0.15) is 10.7 Å². The number of aryl methyl sites for hydroxylation is 1. The Morgan fingerprint density at radius 2 is 2.27 bits per heavy atom. The maximum atomic E-state index is 14.9. The topological polar surface area (TPSA) is 94.4 Å². The number of rotatable bonds is 7. The van der Waals surface area contributed by atoms with E-state index in [1.807, 2.05) is 12.1 Å². The van der Waals surface area contributed by atoms with Crippen LogP contribution >= 0.6 is 23.4 Å². The Morgan fingerprint density at radius 3 is 3.06 bits per heavy atom. The zero-order chi connectivity index (χ0) is 23.6. The fourth-order valence-electron chi connectivity index (χ4n) is 3.96. The number of aromatic nitrogens is 2. The molecule has 2 aromatic carbocycles. The first kappa shape index (κ1) is 23.7. The van der Waals surface area contributed by atoms with Crippen molar-refractivity contribution in [3.63, 3.8) is 0 Å². The van der Waals surface area contributed by atoms with Gasteiger partial charge in [-0.2, -0.15) is 5.10 Å². The zero-order valence-corrected chi connectivity index (χ0v) is 19.9. The van der Waals surface area contributed by atoms with Gasteiger partial charge in [-0.15, -0.1) is 0 Å². The summed E-state index contributed by atoms with van der Waals surface area (Å²) in [5.74, 6) is -0.969. The second-order valence-electron chi connectivity index (χ2n) is 7.72. The molecule has 0 aliphatic heterocycles. The molecule has 4 rings (SSSR count). The van der Waals surface area contributed by atoms with Gasteiger partial charge in [-0.3, -0.25) is 4.68 Å². The fraction of sp³-hybridized carbons (Fsp3) is 0.273. The molecule has 7 nitrogen and oxygen atoms in total. The van der Waals surface area contributed by atoms with Crippen molar-refractivity contribution in [1.82, 2.24) is 14.5 Å². The highest BCUT2D eigenvalue weighted by Gasteiger charge is 2.22. The molecule has 11 heteroatoms. The number of thioether (sulfide) groups is 1. The quantitative estimate of drug-likeness (QED) is 0.472. The second-order valence-corrected chi connectivity index (χ2v) is 11.1. The maximum Gasteiger partial charge on any atom is 0.330 e. The summed E-state index contributed by atoms with van der Waals surface area (Å²) in [6.07, 6.45) is 5.41. The van der Waals surface area contributed by atoms with E-state index in [4.69, 9.17) is 23.9 Å². The normalized spacial score (nSPS) is 16.5. The van der Waals surface area contributed by atoms with Crippen molar-refractivity contribution >= 4 is 44.3 Å². The highest BCUT2D eigenvalue weighted by molar-refractivity contribution is 8.05. The Bertz CT molecular complexity index is 1380. The molecule has 1 aromatic heterocycles. The third-order valence-electron chi connectivity index (χ3n) is 5.56. The number of sulfonamides is 1. The molecule has 1 atom stereocenters. The third-order valence-corrected chi connectivity index (χ3v) is 8.25. The number of fused-ring (bicyclic) bond motifs is 2. The highest BCUT2D eigenvalue weighted by atomic mass is 35.5. The van der Waals surface area contributed by atoms with Gasteiger partial charge in [0.2, 0.25) is 10.0 Å². The van der Waals surface area contributed by atoms with Crippen LogP contribution in [0.15, 0.2) is 52.0 Å². The molecule has 33 heavy (non-hydrogen) atoms. The van der Waals surface area contributed by atoms with Crippen LogP contribution in [0.25, 0.3) is 15.7 Å². The lowest BCUT2D eigenvalue weighted by molar-refractivity contribution is 0.561. The molecular weight excluding hydrogens is 485 g/mol. The van der Waals surface area contributed by atoms with Crippen molar-refractivity contribution in [2.75, 3.05) is 5.88 Å². The van der Waals surface area contributed by atoms with Gasteiger partial charge in [0.25, 0.3) is 6.57 Å². The molecule has 3 aromatic rings. The minimum absolute atomic E-state index is 0.106. The number of nitrogens with zero attached hydrogens (tertiary/aromatic N) is 3. The maximum absolute atomic E-state index is 14.9. The van der Waals surface area contributed by atoms with Crippen molar-refractivity contribution in [1.29, 1.82) is 0 Å². The van der Waals surface area contributed by atoms with Gasteiger partial charge in [-0.05, 0) is 46.9 Å². The van der Waals surface area contributed by atoms with E-state index in [-0.39, 0.29) is 16.3 Å². The lowest BCUT2D eigenvalue weighted by Crippen LogP contribution is -2.29. The molecule has 0 bridgehead atoms. The van der Waals surface area contributed by atoms with Crippen LogP contribution in [-0.4, -0.2) is 30.1 Å². The van der Waals surface area contributed by atoms with Crippen LogP contribution in [0.4, 0.5) is 4.39 Å². The first-order chi connectivity index (χ1) is 15.8. The van der Waals surface area contributed by atoms with Gasteiger partial charge in [-0.1, -0.05) is 41.6 Å². The van der Waals surface area contributed by atoms with Crippen molar-refractivity contribution in [2.24, 2.45) is 5.73 Å². The predicted molar refractivity (Wildman–Crippen MR) is 130 cm³/mol. The number of hydrogen-bond acceptors (Lipinski definition) is 5. The van der Waals surface area contributed by atoms with E-state index in [0.29, 0.717) is 17.4 Å². The standard InChI is InChI=1S/C22H22ClFN5O2S2/c1-26-11-22(23)32-13-28-33(30,31)21-7-16-10-27-29(20(16)9-19(21)24)12-15-4-2-3-14-5-6-17(25)8-18(14)15/h1-4,7,9-11,17,28H,5-6,8,12-13,25H2/q+1. The summed E-state index contributed by atoms with van der Waals surface area (Å²) >= 11 is 6.77. The van der Waals surface area contributed by atoms with Crippen LogP contribution < -0.4 is 10.5 Å². The number of benzene rings is 2. The molecule has 172 valence electrons. The molecule has 0 radical (unpaired) electrons. The summed E-state index contributed by atoms with van der Waals surface area (Å²) < 4.78 is 44.3. The number of hydrogen-bond donors (Lipinski definition) is 2. The highest BCUT2D eigenvalue weighted by Crippen LogP contribution is 2.27. The molecule has 0 saturated carbocycles. The van der Waals surface area contributed by atoms with Crippen molar-refractivity contribution < 1.29 is 12.8 Å². The monoisotopic (exact) mass is 506 g/mol. The van der Waals surface area contributed by atoms with E-state index in [1.54, 1.807) is 4.68 Å². The first-order valence-electron chi connectivity index (χ1n) is 10.2. The smallest absolute Gasteiger partial charge is 0.327 e. The zero-order valence-electron chi connectivity index (χ0n) is 17.5. The van der Waals surface area contributed by atoms with E-state index in [0.717, 1.165) is 36.6 Å². The summed E-state index contributed by atoms with van der Waals surface area (Å²) in [5, 5.41) is 4.90. The Kier molecular flexibility index (Phi) is 7.07. The molecule has 3 N–H and O–H groups in total. The number of halogens is 2. The molecule has 0 saturated heterocycles. The molecule has 1 unspecified atom stereocenters. The van der Waals surface area contributed by atoms with Crippen LogP contribution in [0, 0.1) is 12.4 Å². The van der Waals surface area contributed by atoms with E-state index >= 15 is 0 Å². The van der Waals surface area contributed by atoms with Gasteiger partial charge < -0.3 is 5.73 Å². The molecule has 1 heterocycles. The molecule has 1 aliphatic carbocycles. The average Bonchev–Trinajstić information content (AvgIpc) is 3.15. The number of nitrogens with two attached hydrogens (primary N) is 1. The van der Waals surface area contributed by atoms with Crippen LogP contribution in [0.2, 0.25) is 0 Å². The van der Waals surface area contributed by atoms with Crippen LogP contribution in [0.3, 0.4) is 0 Å². The van der Waals surface area contributed by atoms with Gasteiger partial charge in [0, 0.05) is 17.5 Å². The Hall–Kier alpha value is -2.42. The average molecular weight is 507 g/mol. The lowest BCUT2D eigenvalue weighted by atomic mass is 9.86. The van der Waals surface area contributed by atoms with Crippen LogP contribution in [0.1, 0.15) is 23.1 Å². The SMILES string of the molecule is C#[N+]C=C(Cl)SCNS(=O)(=O)c1cc2cnn(Cc3cccc4c3CC(N)CC4)c2cc1F. The molecule has 0 spiro atoms. The van der Waals surface area contributed by atoms with Crippen molar-refractivity contribution in [3.8, 4) is 6.57 Å². The molecular formula is C22H22ClFN5O2S2+. The van der Waals surface area contributed by atoms with Gasteiger partial charge in [-0.25, -0.2) is 17.5 Å². The summed E-state index contributed by atoms with van der Waals surface area (Å²) in [6, 6.07) is 8.75. The lowest BCUT2D eigenvalue weighted by Gasteiger charge is -2.24. The second kappa shape index (κ2) is 9.83. The largest absolute Gasteiger partial charge is 0.330 e. The summed E-state index contributed by atoms with van der Waals surface area (Å²) in [6.45, 7) is 5.43. The van der Waals surface area contributed by atoms with Gasteiger partial charge >= 0.3 is 6.20 Å². The third kappa shape index (κ3) is 5.23. The summed E-state index contributed by atoms with van der Waals surface area (Å²) in [4.78, 5) is 2.79. The van der Waals surface area contributed by atoms with Crippen LogP contribution in [0.5, 0.6) is 0 Å². The van der Waals surface area contributed by atoms with E-state index in [9.17, 15) is 12.8 Å². The van der Waals surface area contributed by atoms with Crippen LogP contribution in [-0.2, 0) is 29.4 Å². The van der Waals surface area contributed by atoms with E-state index in [2.05, 4.69) is 20.7 Å². The minimum atomic E-state index is -4.11. The fourth-order valence-corrected chi connectivity index (χ4v) is 6.06. The van der Waals surface area contributed by atoms with E-state index < -0.39 is 20.7 Å². The minimum Gasteiger partial charge on any atom is -0.327 e. The Morgan fingerprint density at radius 1 is 1.45 bits per heavy atom. The summed E-state index contributed by atoms with van der Waals surface area (Å²) in [5.41, 5.74) is 10.3. The van der Waals surface area contributed by atoms with Gasteiger partial charge in [0.05, 0.1) is 24.1 Å². The van der Waals surface area contributed by atoms with E-state index in [1.165, 1.54) is 35.7 Å². The van der Waals surface area contributed by atoms with Crippen molar-refractivity contribution in [2.45, 2.75) is 36.7 Å². The predicted octanol–water partition coefficient (Wildman–Crippen LogP) is 4.01. The summed E-state index contributed by atoms with van der Waals surface area (Å²) in [7, 11) is -4.11. The Labute approximate surface area is 200 Å².